The molecule has 0 amide bonds. The van der Waals surface area contributed by atoms with Crippen LogP contribution in [0.2, 0.25) is 0 Å². The molecule has 12 heavy (non-hydrogen) atoms. The van der Waals surface area contributed by atoms with Crippen LogP contribution in [0.25, 0.3) is 11.6 Å². The topological polar surface area (TPSA) is 106 Å². The molecule has 0 saturated heterocycles. The Morgan fingerprint density at radius 3 is 1.42 bits per heavy atom. The van der Waals surface area contributed by atoms with Crippen LogP contribution in [0.5, 0.6) is 0 Å². The number of aromatic nitrogens is 8. The van der Waals surface area contributed by atoms with Gasteiger partial charge in [-0.05, 0) is 0 Å². The molecule has 2 heterocycles. The maximum Gasteiger partial charge on any atom is 1.00 e. The van der Waals surface area contributed by atoms with E-state index < -0.39 is 0 Å². The molecule has 0 N–H and O–H groups in total. The summed E-state index contributed by atoms with van der Waals surface area (Å²) in [6, 6.07) is 0. The van der Waals surface area contributed by atoms with Crippen molar-refractivity contribution in [1.82, 2.24) is 41.2 Å². The van der Waals surface area contributed by atoms with Gasteiger partial charge in [-0.2, -0.15) is 10.4 Å². The Kier molecular flexibility index (Phi) is 5.13. The molecular formula is C2Ag2N8. The predicted molar refractivity (Wildman–Crippen MR) is 25.3 cm³/mol. The third-order valence-corrected chi connectivity index (χ3v) is 0.838. The molecule has 0 aliphatic carbocycles. The third-order valence-electron chi connectivity index (χ3n) is 0.838. The summed E-state index contributed by atoms with van der Waals surface area (Å²) in [6.07, 6.45) is 0. The van der Waals surface area contributed by atoms with E-state index in [1.165, 1.54) is 0 Å². The van der Waals surface area contributed by atoms with Gasteiger partial charge in [0.1, 0.15) is 0 Å². The van der Waals surface area contributed by atoms with Gasteiger partial charge in [0.2, 0.25) is 0 Å². The minimum atomic E-state index is 0. The molecule has 2 aromatic heterocycles. The van der Waals surface area contributed by atoms with Crippen LogP contribution in [0.1, 0.15) is 0 Å². The zero-order valence-corrected chi connectivity index (χ0v) is 8.15. The first kappa shape index (κ1) is 11.6. The van der Waals surface area contributed by atoms with Crippen molar-refractivity contribution in [3.05, 3.63) is 0 Å². The zero-order chi connectivity index (χ0) is 6.81. The molecule has 0 spiro atoms. The smallest absolute Gasteiger partial charge is 0.330 e. The Hall–Kier alpha value is -0.379. The number of rotatable bonds is 1. The molecule has 8 nitrogen and oxygen atoms in total. The fourth-order valence-electron chi connectivity index (χ4n) is 0.468. The SMILES string of the molecule is [Ag+].[Ag+].n1n[n-]c(-c2nnn[n-]2)n1. The Bertz CT molecular complexity index is 254. The van der Waals surface area contributed by atoms with E-state index in [-0.39, 0.29) is 56.4 Å². The van der Waals surface area contributed by atoms with Crippen molar-refractivity contribution in [3.8, 4) is 11.6 Å². The Morgan fingerprint density at radius 2 is 1.17 bits per heavy atom. The molecule has 0 unspecified atom stereocenters. The van der Waals surface area contributed by atoms with Crippen molar-refractivity contribution >= 4 is 0 Å². The largest absolute Gasteiger partial charge is 1.00 e. The molecule has 0 aliphatic heterocycles. The molecule has 0 aromatic carbocycles. The van der Waals surface area contributed by atoms with Crippen molar-refractivity contribution < 1.29 is 44.8 Å². The molecule has 0 bridgehead atoms. The van der Waals surface area contributed by atoms with Gasteiger partial charge in [0.05, 0.1) is 0 Å². The standard InChI is InChI=1S/C2N8.2Ag/c3-1(4-8-7-3)2-5-9-10-6-2;;/q-2;2*+1. The zero-order valence-electron chi connectivity index (χ0n) is 5.18. The fourth-order valence-corrected chi connectivity index (χ4v) is 0.468. The van der Waals surface area contributed by atoms with Crippen LogP contribution in [0, 0.1) is 0 Å². The predicted octanol–water partition coefficient (Wildman–Crippen LogP) is -2.37. The molecule has 70 valence electrons. The average molecular weight is 352 g/mol. The quantitative estimate of drug-likeness (QED) is 0.525. The van der Waals surface area contributed by atoms with E-state index in [2.05, 4.69) is 41.2 Å². The molecule has 0 aliphatic rings. The number of nitrogens with zero attached hydrogens (tertiary/aromatic N) is 8. The van der Waals surface area contributed by atoms with Crippen molar-refractivity contribution in [2.24, 2.45) is 0 Å². The molecular weight excluding hydrogens is 352 g/mol. The normalized spacial score (nSPS) is 8.33. The molecule has 2 rings (SSSR count). The van der Waals surface area contributed by atoms with Gasteiger partial charge in [-0.25, -0.2) is 0 Å². The number of tetrazole rings is 2. The van der Waals surface area contributed by atoms with Gasteiger partial charge in [0.25, 0.3) is 0 Å². The van der Waals surface area contributed by atoms with Gasteiger partial charge in [0.15, 0.2) is 0 Å². The first-order valence-electron chi connectivity index (χ1n) is 2.34. The summed E-state index contributed by atoms with van der Waals surface area (Å²) in [5, 5.41) is 26.9. The average Bonchev–Trinajstić information content (AvgIpc) is 2.59. The molecule has 0 atom stereocenters. The minimum absolute atomic E-state index is 0. The summed E-state index contributed by atoms with van der Waals surface area (Å²) in [4.78, 5) is 0. The van der Waals surface area contributed by atoms with E-state index in [4.69, 9.17) is 0 Å². The molecule has 0 radical (unpaired) electrons. The second-order valence-corrected chi connectivity index (χ2v) is 1.40. The van der Waals surface area contributed by atoms with Crippen LogP contribution in [0.4, 0.5) is 0 Å². The van der Waals surface area contributed by atoms with E-state index in [0.717, 1.165) is 0 Å². The Labute approximate surface area is 97.3 Å². The van der Waals surface area contributed by atoms with Gasteiger partial charge < -0.3 is 10.2 Å². The minimum Gasteiger partial charge on any atom is -0.330 e. The molecule has 2 aromatic rings. The van der Waals surface area contributed by atoms with Gasteiger partial charge in [-0.1, -0.05) is 0 Å². The van der Waals surface area contributed by atoms with E-state index in [1.54, 1.807) is 0 Å². The summed E-state index contributed by atoms with van der Waals surface area (Å²) in [6.45, 7) is 0. The van der Waals surface area contributed by atoms with Gasteiger partial charge >= 0.3 is 44.8 Å². The summed E-state index contributed by atoms with van der Waals surface area (Å²) in [5.74, 6) is 0.481. The van der Waals surface area contributed by atoms with Crippen LogP contribution >= 0.6 is 0 Å². The van der Waals surface area contributed by atoms with E-state index in [0.29, 0.717) is 0 Å². The summed E-state index contributed by atoms with van der Waals surface area (Å²) < 4.78 is 0. The van der Waals surface area contributed by atoms with Gasteiger partial charge in [-0.15, -0.1) is 0 Å². The Morgan fingerprint density at radius 1 is 0.750 bits per heavy atom. The summed E-state index contributed by atoms with van der Waals surface area (Å²) in [7, 11) is 0. The first-order valence-corrected chi connectivity index (χ1v) is 2.34. The van der Waals surface area contributed by atoms with Gasteiger partial charge in [0, 0.05) is 11.6 Å². The number of hydrogen-bond donors (Lipinski definition) is 0. The molecule has 0 saturated carbocycles. The Balaban J connectivity index is 0.000000605. The maximum atomic E-state index is 3.48. The summed E-state index contributed by atoms with van der Waals surface area (Å²) >= 11 is 0. The monoisotopic (exact) mass is 350 g/mol. The van der Waals surface area contributed by atoms with Crippen LogP contribution in [0.3, 0.4) is 0 Å². The fraction of sp³-hybridized carbons (Fsp3) is 0. The van der Waals surface area contributed by atoms with Crippen molar-refractivity contribution in [2.45, 2.75) is 0 Å². The second kappa shape index (κ2) is 5.30. The van der Waals surface area contributed by atoms with Crippen LogP contribution < -0.4 is 10.2 Å². The van der Waals surface area contributed by atoms with E-state index in [9.17, 15) is 0 Å². The van der Waals surface area contributed by atoms with Crippen molar-refractivity contribution in [1.29, 1.82) is 0 Å². The third kappa shape index (κ3) is 2.30. The van der Waals surface area contributed by atoms with Crippen molar-refractivity contribution in [3.63, 3.8) is 0 Å². The van der Waals surface area contributed by atoms with Crippen LogP contribution in [0.15, 0.2) is 0 Å². The first-order chi connectivity index (χ1) is 4.97. The summed E-state index contributed by atoms with van der Waals surface area (Å²) in [5.41, 5.74) is 0. The van der Waals surface area contributed by atoms with E-state index in [1.807, 2.05) is 0 Å². The van der Waals surface area contributed by atoms with Gasteiger partial charge in [-0.3, -0.25) is 20.6 Å². The molecule has 0 fully saturated rings. The van der Waals surface area contributed by atoms with E-state index >= 15 is 0 Å². The molecule has 10 heteroatoms. The maximum absolute atomic E-state index is 3.48. The van der Waals surface area contributed by atoms with Crippen LogP contribution in [-0.2, 0) is 44.8 Å². The number of hydrogen-bond acceptors (Lipinski definition) is 6. The van der Waals surface area contributed by atoms with Crippen molar-refractivity contribution in [2.75, 3.05) is 0 Å². The second-order valence-electron chi connectivity index (χ2n) is 1.40. The van der Waals surface area contributed by atoms with Crippen LogP contribution in [-0.4, -0.2) is 31.1 Å².